The average molecular weight is 306 g/mol. The zero-order valence-corrected chi connectivity index (χ0v) is 12.8. The summed E-state index contributed by atoms with van der Waals surface area (Å²) in [6.45, 7) is 1.29. The molecule has 2 aromatic rings. The molecule has 0 heterocycles. The topological polar surface area (TPSA) is 41.5 Å². The molecule has 2 aromatic carbocycles. The first-order valence-electron chi connectivity index (χ1n) is 6.97. The van der Waals surface area contributed by atoms with Crippen molar-refractivity contribution in [1.82, 2.24) is 5.32 Å². The van der Waals surface area contributed by atoms with Gasteiger partial charge in [-0.3, -0.25) is 0 Å². The van der Waals surface area contributed by atoms with Crippen molar-refractivity contribution in [3.63, 3.8) is 0 Å². The minimum absolute atomic E-state index is 0.486. The number of halogens is 1. The third kappa shape index (κ3) is 4.74. The number of aliphatic hydroxyl groups excluding tert-OH is 1. The summed E-state index contributed by atoms with van der Waals surface area (Å²) in [6.07, 6.45) is 0.314. The molecule has 0 amide bonds. The Balaban J connectivity index is 1.75. The quantitative estimate of drug-likeness (QED) is 0.772. The van der Waals surface area contributed by atoms with Crippen molar-refractivity contribution in [1.29, 1.82) is 0 Å². The highest BCUT2D eigenvalue weighted by molar-refractivity contribution is 6.31. The van der Waals surface area contributed by atoms with Crippen LogP contribution in [-0.2, 0) is 6.42 Å². The van der Waals surface area contributed by atoms with Crippen LogP contribution in [-0.4, -0.2) is 25.3 Å². The van der Waals surface area contributed by atoms with Gasteiger partial charge in [0.05, 0.1) is 13.2 Å². The standard InChI is InChI=1S/C17H20ClNO2/c1-21-14-8-6-13(7-9-14)10-11-19-12-17(20)15-4-2-3-5-16(15)18/h2-9,17,19-20H,10-12H2,1H3. The molecule has 0 bridgehead atoms. The lowest BCUT2D eigenvalue weighted by Crippen LogP contribution is -2.23. The maximum Gasteiger partial charge on any atom is 0.118 e. The van der Waals surface area contributed by atoms with E-state index < -0.39 is 6.10 Å². The number of hydrogen-bond acceptors (Lipinski definition) is 3. The molecule has 4 heteroatoms. The fraction of sp³-hybridized carbons (Fsp3) is 0.294. The van der Waals surface area contributed by atoms with E-state index in [0.29, 0.717) is 11.6 Å². The summed E-state index contributed by atoms with van der Waals surface area (Å²) in [7, 11) is 1.66. The number of methoxy groups -OCH3 is 1. The highest BCUT2D eigenvalue weighted by Crippen LogP contribution is 2.21. The monoisotopic (exact) mass is 305 g/mol. The van der Waals surface area contributed by atoms with E-state index in [-0.39, 0.29) is 0 Å². The molecule has 2 N–H and O–H groups in total. The van der Waals surface area contributed by atoms with Gasteiger partial charge >= 0.3 is 0 Å². The molecule has 1 unspecified atom stereocenters. The van der Waals surface area contributed by atoms with Gasteiger partial charge < -0.3 is 15.2 Å². The summed E-state index contributed by atoms with van der Waals surface area (Å²) in [4.78, 5) is 0. The van der Waals surface area contributed by atoms with Crippen LogP contribution in [0.5, 0.6) is 5.75 Å². The third-order valence-corrected chi connectivity index (χ3v) is 3.70. The van der Waals surface area contributed by atoms with Gasteiger partial charge in [-0.2, -0.15) is 0 Å². The van der Waals surface area contributed by atoms with Gasteiger partial charge in [-0.05, 0) is 36.7 Å². The summed E-state index contributed by atoms with van der Waals surface area (Å²) in [6, 6.07) is 15.4. The SMILES string of the molecule is COc1ccc(CCNCC(O)c2ccccc2Cl)cc1. The van der Waals surface area contributed by atoms with Crippen LogP contribution in [0.25, 0.3) is 0 Å². The number of nitrogens with one attached hydrogen (secondary N) is 1. The van der Waals surface area contributed by atoms with Crippen LogP contribution in [0.4, 0.5) is 0 Å². The molecule has 0 aliphatic heterocycles. The van der Waals surface area contributed by atoms with Gasteiger partial charge in [0.2, 0.25) is 0 Å². The van der Waals surface area contributed by atoms with Crippen LogP contribution in [0, 0.1) is 0 Å². The van der Waals surface area contributed by atoms with Crippen molar-refractivity contribution in [3.05, 3.63) is 64.7 Å². The lowest BCUT2D eigenvalue weighted by Gasteiger charge is -2.13. The summed E-state index contributed by atoms with van der Waals surface area (Å²) < 4.78 is 5.13. The van der Waals surface area contributed by atoms with Crippen molar-refractivity contribution >= 4 is 11.6 Å². The summed E-state index contributed by atoms with van der Waals surface area (Å²) >= 11 is 6.06. The predicted octanol–water partition coefficient (Wildman–Crippen LogP) is 3.21. The summed E-state index contributed by atoms with van der Waals surface area (Å²) in [5.74, 6) is 0.862. The van der Waals surface area contributed by atoms with Crippen molar-refractivity contribution in [2.45, 2.75) is 12.5 Å². The Morgan fingerprint density at radius 3 is 2.52 bits per heavy atom. The molecule has 0 saturated carbocycles. The number of aliphatic hydroxyl groups is 1. The molecule has 3 nitrogen and oxygen atoms in total. The van der Waals surface area contributed by atoms with Crippen LogP contribution in [0.2, 0.25) is 5.02 Å². The molecule has 0 aliphatic carbocycles. The number of hydrogen-bond donors (Lipinski definition) is 2. The molecule has 0 spiro atoms. The minimum atomic E-state index is -0.588. The van der Waals surface area contributed by atoms with Gasteiger partial charge in [-0.15, -0.1) is 0 Å². The molecule has 2 rings (SSSR count). The zero-order chi connectivity index (χ0) is 15.1. The molecule has 112 valence electrons. The van der Waals surface area contributed by atoms with Crippen LogP contribution >= 0.6 is 11.6 Å². The first-order valence-corrected chi connectivity index (χ1v) is 7.34. The van der Waals surface area contributed by atoms with Crippen LogP contribution < -0.4 is 10.1 Å². The fourth-order valence-corrected chi connectivity index (χ4v) is 2.38. The van der Waals surface area contributed by atoms with Gasteiger partial charge in [-0.1, -0.05) is 41.9 Å². The van der Waals surface area contributed by atoms with Crippen LogP contribution in [0.1, 0.15) is 17.2 Å². The summed E-state index contributed by atoms with van der Waals surface area (Å²) in [5.41, 5.74) is 1.99. The smallest absolute Gasteiger partial charge is 0.118 e. The molecular weight excluding hydrogens is 286 g/mol. The number of benzene rings is 2. The van der Waals surface area contributed by atoms with Gasteiger partial charge in [-0.25, -0.2) is 0 Å². The second-order valence-corrected chi connectivity index (χ2v) is 5.25. The highest BCUT2D eigenvalue weighted by atomic mass is 35.5. The Kier molecular flexibility index (Phi) is 6.05. The van der Waals surface area contributed by atoms with Crippen molar-refractivity contribution in [2.75, 3.05) is 20.2 Å². The fourth-order valence-electron chi connectivity index (χ4n) is 2.12. The maximum absolute atomic E-state index is 10.1. The van der Waals surface area contributed by atoms with E-state index in [1.54, 1.807) is 13.2 Å². The van der Waals surface area contributed by atoms with Crippen LogP contribution in [0.15, 0.2) is 48.5 Å². The van der Waals surface area contributed by atoms with Crippen molar-refractivity contribution in [2.24, 2.45) is 0 Å². The molecule has 0 aliphatic rings. The Morgan fingerprint density at radius 2 is 1.86 bits per heavy atom. The lowest BCUT2D eigenvalue weighted by molar-refractivity contribution is 0.175. The Morgan fingerprint density at radius 1 is 1.14 bits per heavy atom. The minimum Gasteiger partial charge on any atom is -0.497 e. The van der Waals surface area contributed by atoms with Gasteiger partial charge in [0.1, 0.15) is 5.75 Å². The number of rotatable bonds is 7. The number of ether oxygens (including phenoxy) is 1. The van der Waals surface area contributed by atoms with Gasteiger partial charge in [0.25, 0.3) is 0 Å². The predicted molar refractivity (Wildman–Crippen MR) is 86.0 cm³/mol. The largest absolute Gasteiger partial charge is 0.497 e. The van der Waals surface area contributed by atoms with E-state index >= 15 is 0 Å². The Bertz CT molecular complexity index is 557. The molecule has 0 fully saturated rings. The van der Waals surface area contributed by atoms with Gasteiger partial charge in [0, 0.05) is 17.1 Å². The van der Waals surface area contributed by atoms with Gasteiger partial charge in [0.15, 0.2) is 0 Å². The molecular formula is C17H20ClNO2. The van der Waals surface area contributed by atoms with E-state index in [0.717, 1.165) is 24.3 Å². The van der Waals surface area contributed by atoms with E-state index in [1.807, 2.05) is 42.5 Å². The van der Waals surface area contributed by atoms with E-state index in [1.165, 1.54) is 5.56 Å². The second-order valence-electron chi connectivity index (χ2n) is 4.84. The molecule has 0 radical (unpaired) electrons. The Labute approximate surface area is 130 Å². The normalized spacial score (nSPS) is 12.1. The average Bonchev–Trinajstić information content (AvgIpc) is 2.52. The third-order valence-electron chi connectivity index (χ3n) is 3.35. The zero-order valence-electron chi connectivity index (χ0n) is 12.1. The van der Waals surface area contributed by atoms with E-state index in [4.69, 9.17) is 16.3 Å². The van der Waals surface area contributed by atoms with E-state index in [2.05, 4.69) is 5.32 Å². The first-order chi connectivity index (χ1) is 10.2. The van der Waals surface area contributed by atoms with Crippen molar-refractivity contribution in [3.8, 4) is 5.75 Å². The molecule has 0 aromatic heterocycles. The maximum atomic E-state index is 10.1. The Hall–Kier alpha value is -1.55. The van der Waals surface area contributed by atoms with Crippen LogP contribution in [0.3, 0.4) is 0 Å². The molecule has 0 saturated heterocycles. The van der Waals surface area contributed by atoms with E-state index in [9.17, 15) is 5.11 Å². The lowest BCUT2D eigenvalue weighted by atomic mass is 10.1. The first kappa shape index (κ1) is 15.8. The van der Waals surface area contributed by atoms with Crippen molar-refractivity contribution < 1.29 is 9.84 Å². The molecule has 21 heavy (non-hydrogen) atoms. The highest BCUT2D eigenvalue weighted by Gasteiger charge is 2.09. The second kappa shape index (κ2) is 8.03. The molecule has 1 atom stereocenters. The summed E-state index contributed by atoms with van der Waals surface area (Å²) in [5, 5.41) is 14.0.